The number of hydrogen-bond donors (Lipinski definition) is 1. The van der Waals surface area contributed by atoms with E-state index in [4.69, 9.17) is 4.74 Å². The van der Waals surface area contributed by atoms with Gasteiger partial charge in [-0.25, -0.2) is 18.0 Å². The fraction of sp³-hybridized carbons (Fsp3) is 0.286. The Morgan fingerprint density at radius 2 is 1.47 bits per heavy atom. The molecule has 32 heavy (non-hydrogen) atoms. The van der Waals surface area contributed by atoms with Crippen molar-refractivity contribution in [3.8, 4) is 5.75 Å². The summed E-state index contributed by atoms with van der Waals surface area (Å²) in [6.07, 6.45) is 0. The molecule has 0 aliphatic carbocycles. The Kier molecular flexibility index (Phi) is 8.33. The number of ether oxygens (including phenoxy) is 3. The third-order valence-electron chi connectivity index (χ3n) is 4.27. The predicted octanol–water partition coefficient (Wildman–Crippen LogP) is 1.92. The van der Waals surface area contributed by atoms with Crippen molar-refractivity contribution in [2.75, 3.05) is 39.7 Å². The number of likely N-dealkylation sites (N-methyl/N-ethyl adjacent to an activating group) is 1. The zero-order chi connectivity index (χ0) is 23.9. The molecule has 0 saturated heterocycles. The van der Waals surface area contributed by atoms with Crippen LogP contribution >= 0.6 is 0 Å². The second-order valence-electron chi connectivity index (χ2n) is 6.50. The van der Waals surface area contributed by atoms with E-state index in [1.54, 1.807) is 0 Å². The average molecular weight is 464 g/mol. The van der Waals surface area contributed by atoms with Gasteiger partial charge in [0.2, 0.25) is 15.9 Å². The summed E-state index contributed by atoms with van der Waals surface area (Å²) in [5.41, 5.74) is 0.132. The zero-order valence-electron chi connectivity index (χ0n) is 18.1. The van der Waals surface area contributed by atoms with Gasteiger partial charge in [-0.1, -0.05) is 0 Å². The lowest BCUT2D eigenvalue weighted by atomic mass is 10.1. The smallest absolute Gasteiger partial charge is 0.337 e. The molecule has 10 nitrogen and oxygen atoms in total. The Hall–Kier alpha value is -3.44. The summed E-state index contributed by atoms with van der Waals surface area (Å²) in [6, 6.07) is 9.69. The van der Waals surface area contributed by atoms with Crippen molar-refractivity contribution < 1.29 is 37.0 Å². The first-order valence-corrected chi connectivity index (χ1v) is 10.9. The number of rotatable bonds is 9. The summed E-state index contributed by atoms with van der Waals surface area (Å²) in [5, 5.41) is 2.48. The van der Waals surface area contributed by atoms with Gasteiger partial charge in [0.25, 0.3) is 0 Å². The summed E-state index contributed by atoms with van der Waals surface area (Å²) in [5.74, 6) is -1.60. The summed E-state index contributed by atoms with van der Waals surface area (Å²) in [7, 11) is -0.335. The van der Waals surface area contributed by atoms with Crippen LogP contribution in [-0.2, 0) is 24.3 Å². The van der Waals surface area contributed by atoms with Crippen LogP contribution < -0.4 is 10.1 Å². The maximum atomic E-state index is 12.7. The van der Waals surface area contributed by atoms with Gasteiger partial charge in [0.05, 0.1) is 43.4 Å². The molecule has 0 aromatic heterocycles. The quantitative estimate of drug-likeness (QED) is 0.558. The molecule has 172 valence electrons. The summed E-state index contributed by atoms with van der Waals surface area (Å²) in [4.78, 5) is 36.2. The lowest BCUT2D eigenvalue weighted by molar-refractivity contribution is -0.116. The summed E-state index contributed by atoms with van der Waals surface area (Å²) < 4.78 is 40.9. The standard InChI is InChI=1S/C21H24N2O8S/c1-5-31-17-6-8-18(9-7-17)32(27,28)23(2)13-19(24)22-16-11-14(20(25)29-3)10-15(12-16)21(26)30-4/h6-12H,5,13H2,1-4H3,(H,22,24). The van der Waals surface area contributed by atoms with Gasteiger partial charge >= 0.3 is 11.9 Å². The van der Waals surface area contributed by atoms with E-state index in [1.807, 2.05) is 6.92 Å². The maximum absolute atomic E-state index is 12.7. The molecule has 11 heteroatoms. The molecule has 0 radical (unpaired) electrons. The second kappa shape index (κ2) is 10.7. The van der Waals surface area contributed by atoms with E-state index < -0.39 is 34.4 Å². The van der Waals surface area contributed by atoms with E-state index in [-0.39, 0.29) is 21.7 Å². The lowest BCUT2D eigenvalue weighted by Gasteiger charge is -2.17. The first kappa shape index (κ1) is 24.8. The molecule has 0 spiro atoms. The normalized spacial score (nSPS) is 11.0. The van der Waals surface area contributed by atoms with Crippen LogP contribution in [0.5, 0.6) is 5.75 Å². The van der Waals surface area contributed by atoms with Gasteiger partial charge in [0, 0.05) is 12.7 Å². The van der Waals surface area contributed by atoms with Crippen molar-refractivity contribution in [2.24, 2.45) is 0 Å². The number of carbonyl (C=O) groups is 3. The van der Waals surface area contributed by atoms with Crippen molar-refractivity contribution in [3.63, 3.8) is 0 Å². The molecule has 2 aromatic carbocycles. The van der Waals surface area contributed by atoms with E-state index in [0.717, 1.165) is 4.31 Å². The second-order valence-corrected chi connectivity index (χ2v) is 8.54. The van der Waals surface area contributed by atoms with Crippen LogP contribution in [0.1, 0.15) is 27.6 Å². The van der Waals surface area contributed by atoms with Crippen LogP contribution in [-0.4, -0.2) is 65.0 Å². The van der Waals surface area contributed by atoms with Crippen LogP contribution in [0.15, 0.2) is 47.4 Å². The van der Waals surface area contributed by atoms with Crippen molar-refractivity contribution in [3.05, 3.63) is 53.6 Å². The zero-order valence-corrected chi connectivity index (χ0v) is 18.9. The third kappa shape index (κ3) is 6.05. The predicted molar refractivity (Wildman–Crippen MR) is 115 cm³/mol. The Balaban J connectivity index is 2.18. The molecule has 0 aliphatic rings. The number of nitrogens with one attached hydrogen (secondary N) is 1. The minimum atomic E-state index is -3.94. The molecule has 0 aliphatic heterocycles. The van der Waals surface area contributed by atoms with Gasteiger partial charge in [-0.15, -0.1) is 0 Å². The maximum Gasteiger partial charge on any atom is 0.337 e. The van der Waals surface area contributed by atoms with Crippen molar-refractivity contribution in [2.45, 2.75) is 11.8 Å². The highest BCUT2D eigenvalue weighted by atomic mass is 32.2. The average Bonchev–Trinajstić information content (AvgIpc) is 2.78. The highest BCUT2D eigenvalue weighted by Gasteiger charge is 2.23. The van der Waals surface area contributed by atoms with E-state index in [0.29, 0.717) is 12.4 Å². The SMILES string of the molecule is CCOc1ccc(S(=O)(=O)N(C)CC(=O)Nc2cc(C(=O)OC)cc(C(=O)OC)c2)cc1. The highest BCUT2D eigenvalue weighted by Crippen LogP contribution is 2.20. The molecular formula is C21H24N2O8S. The topological polar surface area (TPSA) is 128 Å². The number of benzene rings is 2. The Morgan fingerprint density at radius 3 is 1.94 bits per heavy atom. The number of esters is 2. The van der Waals surface area contributed by atoms with Crippen LogP contribution in [0.4, 0.5) is 5.69 Å². The molecule has 1 amide bonds. The van der Waals surface area contributed by atoms with Crippen molar-refractivity contribution >= 4 is 33.6 Å². The fourth-order valence-electron chi connectivity index (χ4n) is 2.71. The molecule has 0 saturated carbocycles. The first-order valence-electron chi connectivity index (χ1n) is 9.43. The molecular weight excluding hydrogens is 440 g/mol. The molecule has 0 unspecified atom stereocenters. The number of sulfonamides is 1. The largest absolute Gasteiger partial charge is 0.494 e. The molecule has 0 bridgehead atoms. The van der Waals surface area contributed by atoms with E-state index in [2.05, 4.69) is 14.8 Å². The van der Waals surface area contributed by atoms with Crippen molar-refractivity contribution in [1.82, 2.24) is 4.31 Å². The number of carbonyl (C=O) groups excluding carboxylic acids is 3. The van der Waals surface area contributed by atoms with Crippen LogP contribution in [0.25, 0.3) is 0 Å². The van der Waals surface area contributed by atoms with Crippen LogP contribution in [0, 0.1) is 0 Å². The highest BCUT2D eigenvalue weighted by molar-refractivity contribution is 7.89. The van der Waals surface area contributed by atoms with E-state index >= 15 is 0 Å². The lowest BCUT2D eigenvalue weighted by Crippen LogP contribution is -2.35. The molecule has 2 rings (SSSR count). The first-order chi connectivity index (χ1) is 15.1. The van der Waals surface area contributed by atoms with Gasteiger partial charge in [0.15, 0.2) is 0 Å². The Bertz CT molecular complexity index is 1060. The van der Waals surface area contributed by atoms with Crippen LogP contribution in [0.3, 0.4) is 0 Å². The van der Waals surface area contributed by atoms with E-state index in [9.17, 15) is 22.8 Å². The summed E-state index contributed by atoms with van der Waals surface area (Å²) >= 11 is 0. The third-order valence-corrected chi connectivity index (χ3v) is 6.09. The minimum Gasteiger partial charge on any atom is -0.494 e. The van der Waals surface area contributed by atoms with Gasteiger partial charge in [-0.3, -0.25) is 4.79 Å². The number of nitrogens with zero attached hydrogens (tertiary/aromatic N) is 1. The molecule has 1 N–H and O–H groups in total. The van der Waals surface area contributed by atoms with Crippen molar-refractivity contribution in [1.29, 1.82) is 0 Å². The van der Waals surface area contributed by atoms with E-state index in [1.165, 1.54) is 63.7 Å². The fourth-order valence-corrected chi connectivity index (χ4v) is 3.84. The molecule has 0 atom stereocenters. The summed E-state index contributed by atoms with van der Waals surface area (Å²) in [6.45, 7) is 1.75. The Labute approximate surface area is 186 Å². The van der Waals surface area contributed by atoms with Gasteiger partial charge < -0.3 is 19.5 Å². The van der Waals surface area contributed by atoms with Gasteiger partial charge in [0.1, 0.15) is 5.75 Å². The monoisotopic (exact) mass is 464 g/mol. The number of hydrogen-bond acceptors (Lipinski definition) is 8. The van der Waals surface area contributed by atoms with Gasteiger partial charge in [-0.2, -0.15) is 4.31 Å². The number of anilines is 1. The number of amides is 1. The van der Waals surface area contributed by atoms with Gasteiger partial charge in [-0.05, 0) is 49.4 Å². The molecule has 0 fully saturated rings. The van der Waals surface area contributed by atoms with Crippen LogP contribution in [0.2, 0.25) is 0 Å². The molecule has 0 heterocycles. The Morgan fingerprint density at radius 1 is 0.938 bits per heavy atom. The molecule has 2 aromatic rings. The minimum absolute atomic E-state index is 0.00285. The number of methoxy groups -OCH3 is 2.